The summed E-state index contributed by atoms with van der Waals surface area (Å²) in [6.07, 6.45) is 0. The summed E-state index contributed by atoms with van der Waals surface area (Å²) in [6.45, 7) is -1.90. The monoisotopic (exact) mass is 302 g/mol. The number of thioether (sulfide) groups is 1. The van der Waals surface area contributed by atoms with E-state index in [0.29, 0.717) is 5.56 Å². The quantitative estimate of drug-likeness (QED) is 0.867. The van der Waals surface area contributed by atoms with Gasteiger partial charge in [-0.05, 0) is 6.07 Å². The second kappa shape index (κ2) is 7.44. The average molecular weight is 302 g/mol. The largest absolute Gasteiger partial charge is 0.434 e. The van der Waals surface area contributed by atoms with Crippen molar-refractivity contribution in [2.24, 2.45) is 0 Å². The van der Waals surface area contributed by atoms with Gasteiger partial charge < -0.3 is 15.4 Å². The molecular formula is C13H16F2N2O2S. The molecule has 1 aromatic carbocycles. The first-order valence-electron chi connectivity index (χ1n) is 6.28. The highest BCUT2D eigenvalue weighted by Gasteiger charge is 2.20. The van der Waals surface area contributed by atoms with Crippen molar-refractivity contribution in [2.45, 2.75) is 19.2 Å². The molecule has 1 aliphatic heterocycles. The van der Waals surface area contributed by atoms with E-state index < -0.39 is 6.61 Å². The van der Waals surface area contributed by atoms with Crippen molar-refractivity contribution in [3.63, 3.8) is 0 Å². The van der Waals surface area contributed by atoms with Gasteiger partial charge in [-0.2, -0.15) is 20.5 Å². The number of hydrogen-bond acceptors (Lipinski definition) is 4. The maximum atomic E-state index is 12.3. The molecule has 1 heterocycles. The second-order valence-corrected chi connectivity index (χ2v) is 5.44. The molecule has 2 N–H and O–H groups in total. The number of alkyl halides is 2. The predicted octanol–water partition coefficient (Wildman–Crippen LogP) is 1.61. The Morgan fingerprint density at radius 1 is 1.50 bits per heavy atom. The number of amides is 1. The van der Waals surface area contributed by atoms with Gasteiger partial charge in [0.1, 0.15) is 5.75 Å². The summed E-state index contributed by atoms with van der Waals surface area (Å²) in [6, 6.07) is 6.22. The molecule has 4 nitrogen and oxygen atoms in total. The molecule has 7 heteroatoms. The highest BCUT2D eigenvalue weighted by Crippen LogP contribution is 2.20. The third-order valence-electron chi connectivity index (χ3n) is 2.88. The lowest BCUT2D eigenvalue weighted by atomic mass is 10.2. The van der Waals surface area contributed by atoms with E-state index in [2.05, 4.69) is 15.4 Å². The van der Waals surface area contributed by atoms with Gasteiger partial charge in [0.2, 0.25) is 5.91 Å². The van der Waals surface area contributed by atoms with Gasteiger partial charge in [0.15, 0.2) is 0 Å². The first-order chi connectivity index (χ1) is 9.66. The Labute approximate surface area is 120 Å². The fourth-order valence-electron chi connectivity index (χ4n) is 1.90. The van der Waals surface area contributed by atoms with Crippen LogP contribution in [0.25, 0.3) is 0 Å². The van der Waals surface area contributed by atoms with Crippen LogP contribution in [0.15, 0.2) is 24.3 Å². The molecule has 1 fully saturated rings. The van der Waals surface area contributed by atoms with E-state index in [1.54, 1.807) is 30.0 Å². The number of rotatable bonds is 5. The maximum Gasteiger partial charge on any atom is 0.387 e. The molecule has 1 amide bonds. The number of hydrogen-bond donors (Lipinski definition) is 2. The molecule has 1 atom stereocenters. The number of nitrogens with one attached hydrogen (secondary N) is 2. The molecule has 0 radical (unpaired) electrons. The molecule has 0 saturated carbocycles. The van der Waals surface area contributed by atoms with Crippen LogP contribution in [0.3, 0.4) is 0 Å². The molecule has 0 spiro atoms. The lowest BCUT2D eigenvalue weighted by Gasteiger charge is -2.22. The molecule has 2 rings (SSSR count). The summed E-state index contributed by atoms with van der Waals surface area (Å²) < 4.78 is 29.0. The summed E-state index contributed by atoms with van der Waals surface area (Å²) in [5.74, 6) is 1.69. The standard InChI is InChI=1S/C13H16F2N2O2S/c14-13(15)19-11-4-2-1-3-9(11)7-17-12(18)10-8-20-6-5-16-10/h1-4,10,13,16H,5-8H2,(H,17,18). The number of carbonyl (C=O) groups is 1. The van der Waals surface area contributed by atoms with Crippen LogP contribution in [0.5, 0.6) is 5.75 Å². The molecule has 0 aliphatic carbocycles. The van der Waals surface area contributed by atoms with E-state index in [1.165, 1.54) is 6.07 Å². The molecule has 1 aromatic rings. The first-order valence-corrected chi connectivity index (χ1v) is 7.44. The number of halogens is 2. The Hall–Kier alpha value is -1.34. The van der Waals surface area contributed by atoms with Gasteiger partial charge >= 0.3 is 6.61 Å². The summed E-state index contributed by atoms with van der Waals surface area (Å²) in [7, 11) is 0. The van der Waals surface area contributed by atoms with Crippen molar-refractivity contribution < 1.29 is 18.3 Å². The highest BCUT2D eigenvalue weighted by molar-refractivity contribution is 7.99. The zero-order valence-corrected chi connectivity index (χ0v) is 11.6. The van der Waals surface area contributed by atoms with Crippen molar-refractivity contribution in [1.82, 2.24) is 10.6 Å². The number of benzene rings is 1. The third-order valence-corrected chi connectivity index (χ3v) is 3.94. The van der Waals surface area contributed by atoms with Crippen molar-refractivity contribution in [3.05, 3.63) is 29.8 Å². The van der Waals surface area contributed by atoms with E-state index in [-0.39, 0.29) is 24.2 Å². The fourth-order valence-corrected chi connectivity index (χ4v) is 2.83. The van der Waals surface area contributed by atoms with Crippen LogP contribution in [0, 0.1) is 0 Å². The minimum absolute atomic E-state index is 0.0915. The van der Waals surface area contributed by atoms with Crippen molar-refractivity contribution in [3.8, 4) is 5.75 Å². The van der Waals surface area contributed by atoms with E-state index in [9.17, 15) is 13.6 Å². The van der Waals surface area contributed by atoms with Crippen LogP contribution in [0.4, 0.5) is 8.78 Å². The molecule has 0 aromatic heterocycles. The van der Waals surface area contributed by atoms with Crippen molar-refractivity contribution in [1.29, 1.82) is 0 Å². The molecule has 1 saturated heterocycles. The fraction of sp³-hybridized carbons (Fsp3) is 0.462. The summed E-state index contributed by atoms with van der Waals surface area (Å²) in [4.78, 5) is 11.9. The zero-order chi connectivity index (χ0) is 14.4. The number of carbonyl (C=O) groups excluding carboxylic acids is 1. The van der Waals surface area contributed by atoms with Gasteiger partial charge in [-0.1, -0.05) is 18.2 Å². The van der Waals surface area contributed by atoms with E-state index >= 15 is 0 Å². The Balaban J connectivity index is 1.91. The van der Waals surface area contributed by atoms with Gasteiger partial charge in [-0.3, -0.25) is 4.79 Å². The molecule has 1 aliphatic rings. The Bertz CT molecular complexity index is 454. The van der Waals surface area contributed by atoms with E-state index in [1.807, 2.05) is 0 Å². The molecule has 110 valence electrons. The Kier molecular flexibility index (Phi) is 5.60. The zero-order valence-electron chi connectivity index (χ0n) is 10.8. The van der Waals surface area contributed by atoms with Crippen molar-refractivity contribution in [2.75, 3.05) is 18.1 Å². The number of para-hydroxylation sites is 1. The van der Waals surface area contributed by atoms with Crippen LogP contribution in [-0.2, 0) is 11.3 Å². The van der Waals surface area contributed by atoms with Crippen LogP contribution in [0.1, 0.15) is 5.56 Å². The summed E-state index contributed by atoms with van der Waals surface area (Å²) in [5, 5.41) is 5.86. The van der Waals surface area contributed by atoms with Crippen molar-refractivity contribution >= 4 is 17.7 Å². The molecule has 1 unspecified atom stereocenters. The first kappa shape index (κ1) is 15.1. The number of ether oxygens (including phenoxy) is 1. The maximum absolute atomic E-state index is 12.3. The second-order valence-electron chi connectivity index (χ2n) is 4.29. The highest BCUT2D eigenvalue weighted by atomic mass is 32.2. The average Bonchev–Trinajstić information content (AvgIpc) is 2.46. The normalized spacial score (nSPS) is 18.9. The van der Waals surface area contributed by atoms with Crippen LogP contribution in [0.2, 0.25) is 0 Å². The van der Waals surface area contributed by atoms with Gasteiger partial charge in [0.05, 0.1) is 6.04 Å². The van der Waals surface area contributed by atoms with Crippen LogP contribution in [-0.4, -0.2) is 36.6 Å². The third kappa shape index (κ3) is 4.35. The van der Waals surface area contributed by atoms with Gasteiger partial charge in [-0.25, -0.2) is 0 Å². The summed E-state index contributed by atoms with van der Waals surface area (Å²) >= 11 is 1.72. The Morgan fingerprint density at radius 2 is 2.30 bits per heavy atom. The smallest absolute Gasteiger partial charge is 0.387 e. The minimum Gasteiger partial charge on any atom is -0.434 e. The SMILES string of the molecule is O=C(NCc1ccccc1OC(F)F)C1CSCCN1. The topological polar surface area (TPSA) is 50.4 Å². The lowest BCUT2D eigenvalue weighted by Crippen LogP contribution is -2.48. The molecule has 20 heavy (non-hydrogen) atoms. The minimum atomic E-state index is -2.87. The Morgan fingerprint density at radius 3 is 3.00 bits per heavy atom. The predicted molar refractivity (Wildman–Crippen MR) is 74.0 cm³/mol. The van der Waals surface area contributed by atoms with Gasteiger partial charge in [-0.15, -0.1) is 0 Å². The van der Waals surface area contributed by atoms with E-state index in [0.717, 1.165) is 18.1 Å². The van der Waals surface area contributed by atoms with Gasteiger partial charge in [0, 0.05) is 30.2 Å². The molecule has 0 bridgehead atoms. The van der Waals surface area contributed by atoms with Crippen LogP contribution < -0.4 is 15.4 Å². The lowest BCUT2D eigenvalue weighted by molar-refractivity contribution is -0.122. The van der Waals surface area contributed by atoms with E-state index in [4.69, 9.17) is 0 Å². The van der Waals surface area contributed by atoms with Crippen LogP contribution >= 0.6 is 11.8 Å². The molecular weight excluding hydrogens is 286 g/mol. The summed E-state index contributed by atoms with van der Waals surface area (Å²) in [5.41, 5.74) is 0.532. The van der Waals surface area contributed by atoms with Gasteiger partial charge in [0.25, 0.3) is 0 Å².